The van der Waals surface area contributed by atoms with Gasteiger partial charge in [0.05, 0.1) is 12.5 Å². The monoisotopic (exact) mass is 227 g/mol. The Kier molecular flexibility index (Phi) is 5.51. The molecule has 0 saturated carbocycles. The van der Waals surface area contributed by atoms with Crippen molar-refractivity contribution >= 4 is 17.7 Å². The standard InChI is InChI=1S/C10H17N3OS/c1-13(5-2-3-11)10(14)7-9-8-15-6-4-12-9/h9,12H,2,4-8H2,1H3. The van der Waals surface area contributed by atoms with E-state index in [1.807, 2.05) is 17.8 Å². The highest BCUT2D eigenvalue weighted by Gasteiger charge is 2.18. The average molecular weight is 227 g/mol. The summed E-state index contributed by atoms with van der Waals surface area (Å²) in [5.74, 6) is 2.28. The summed E-state index contributed by atoms with van der Waals surface area (Å²) in [6.07, 6.45) is 0.962. The van der Waals surface area contributed by atoms with E-state index in [9.17, 15) is 4.79 Å². The summed E-state index contributed by atoms with van der Waals surface area (Å²) in [6.45, 7) is 1.53. The highest BCUT2D eigenvalue weighted by molar-refractivity contribution is 7.99. The van der Waals surface area contributed by atoms with Gasteiger partial charge in [-0.05, 0) is 0 Å². The van der Waals surface area contributed by atoms with E-state index in [0.29, 0.717) is 25.4 Å². The zero-order valence-corrected chi connectivity index (χ0v) is 9.85. The first-order chi connectivity index (χ1) is 7.24. The molecule has 1 aliphatic rings. The van der Waals surface area contributed by atoms with E-state index in [4.69, 9.17) is 5.26 Å². The highest BCUT2D eigenvalue weighted by Crippen LogP contribution is 2.11. The van der Waals surface area contributed by atoms with Gasteiger partial charge in [0.25, 0.3) is 0 Å². The summed E-state index contributed by atoms with van der Waals surface area (Å²) in [4.78, 5) is 13.3. The lowest BCUT2D eigenvalue weighted by Gasteiger charge is -2.24. The quantitative estimate of drug-likeness (QED) is 0.758. The molecule has 1 amide bonds. The molecule has 0 aliphatic carbocycles. The van der Waals surface area contributed by atoms with Crippen molar-refractivity contribution in [3.05, 3.63) is 0 Å². The van der Waals surface area contributed by atoms with Crippen LogP contribution in [0, 0.1) is 11.3 Å². The van der Waals surface area contributed by atoms with Crippen LogP contribution in [0.4, 0.5) is 0 Å². The van der Waals surface area contributed by atoms with Crippen LogP contribution in [0.25, 0.3) is 0 Å². The Morgan fingerprint density at radius 1 is 1.73 bits per heavy atom. The first-order valence-corrected chi connectivity index (χ1v) is 6.31. The van der Waals surface area contributed by atoms with Crippen molar-refractivity contribution in [3.63, 3.8) is 0 Å². The number of hydrogen-bond acceptors (Lipinski definition) is 4. The van der Waals surface area contributed by atoms with Crippen LogP contribution in [0.2, 0.25) is 0 Å². The molecular weight excluding hydrogens is 210 g/mol. The fraction of sp³-hybridized carbons (Fsp3) is 0.800. The van der Waals surface area contributed by atoms with Gasteiger partial charge in [-0.25, -0.2) is 0 Å². The summed E-state index contributed by atoms with van der Waals surface area (Å²) in [5.41, 5.74) is 0. The maximum atomic E-state index is 11.7. The zero-order chi connectivity index (χ0) is 11.1. The minimum absolute atomic E-state index is 0.130. The molecule has 1 unspecified atom stereocenters. The number of nitrogens with one attached hydrogen (secondary N) is 1. The van der Waals surface area contributed by atoms with E-state index in [1.54, 1.807) is 11.9 Å². The van der Waals surface area contributed by atoms with Gasteiger partial charge in [0.1, 0.15) is 0 Å². The molecule has 1 N–H and O–H groups in total. The number of carbonyl (C=O) groups is 1. The first-order valence-electron chi connectivity index (χ1n) is 5.16. The Labute approximate surface area is 95.0 Å². The van der Waals surface area contributed by atoms with Gasteiger partial charge in [-0.15, -0.1) is 0 Å². The molecule has 1 aliphatic heterocycles. The Hall–Kier alpha value is -0.730. The van der Waals surface area contributed by atoms with Crippen molar-refractivity contribution in [2.75, 3.05) is 31.6 Å². The highest BCUT2D eigenvalue weighted by atomic mass is 32.2. The molecule has 0 radical (unpaired) electrons. The van der Waals surface area contributed by atoms with Crippen LogP contribution in [0.5, 0.6) is 0 Å². The van der Waals surface area contributed by atoms with Gasteiger partial charge in [-0.2, -0.15) is 17.0 Å². The van der Waals surface area contributed by atoms with Crippen LogP contribution >= 0.6 is 11.8 Å². The van der Waals surface area contributed by atoms with Gasteiger partial charge in [-0.1, -0.05) is 0 Å². The normalized spacial score (nSPS) is 20.7. The van der Waals surface area contributed by atoms with Gasteiger partial charge >= 0.3 is 0 Å². The molecule has 1 rings (SSSR count). The van der Waals surface area contributed by atoms with Crippen LogP contribution in [0.3, 0.4) is 0 Å². The van der Waals surface area contributed by atoms with Crippen LogP contribution in [-0.4, -0.2) is 48.5 Å². The lowest BCUT2D eigenvalue weighted by molar-refractivity contribution is -0.130. The minimum atomic E-state index is 0.130. The molecule has 15 heavy (non-hydrogen) atoms. The largest absolute Gasteiger partial charge is 0.345 e. The molecule has 0 aromatic rings. The van der Waals surface area contributed by atoms with Crippen molar-refractivity contribution < 1.29 is 4.79 Å². The van der Waals surface area contributed by atoms with Crippen molar-refractivity contribution in [2.45, 2.75) is 18.9 Å². The predicted molar refractivity (Wildman–Crippen MR) is 61.6 cm³/mol. The Morgan fingerprint density at radius 2 is 2.53 bits per heavy atom. The lowest BCUT2D eigenvalue weighted by atomic mass is 10.2. The summed E-state index contributed by atoms with van der Waals surface area (Å²) in [6, 6.07) is 2.35. The first kappa shape index (κ1) is 12.3. The molecule has 0 aromatic heterocycles. The zero-order valence-electron chi connectivity index (χ0n) is 9.03. The number of amides is 1. The second-order valence-electron chi connectivity index (χ2n) is 3.65. The van der Waals surface area contributed by atoms with E-state index in [2.05, 4.69) is 5.32 Å². The van der Waals surface area contributed by atoms with Crippen LogP contribution in [0.15, 0.2) is 0 Å². The number of nitrogens with zero attached hydrogens (tertiary/aromatic N) is 2. The topological polar surface area (TPSA) is 56.1 Å². The summed E-state index contributed by atoms with van der Waals surface area (Å²) >= 11 is 1.89. The maximum Gasteiger partial charge on any atom is 0.223 e. The van der Waals surface area contributed by atoms with Crippen LogP contribution in [0.1, 0.15) is 12.8 Å². The molecule has 4 nitrogen and oxygen atoms in total. The Morgan fingerprint density at radius 3 is 3.13 bits per heavy atom. The number of rotatable bonds is 4. The number of carbonyl (C=O) groups excluding carboxylic acids is 1. The Balaban J connectivity index is 2.24. The van der Waals surface area contributed by atoms with Gasteiger partial charge in [-0.3, -0.25) is 4.79 Å². The number of hydrogen-bond donors (Lipinski definition) is 1. The van der Waals surface area contributed by atoms with E-state index in [0.717, 1.165) is 18.1 Å². The van der Waals surface area contributed by atoms with Crippen molar-refractivity contribution in [2.24, 2.45) is 0 Å². The van der Waals surface area contributed by atoms with Gasteiger partial charge < -0.3 is 10.2 Å². The van der Waals surface area contributed by atoms with Crippen molar-refractivity contribution in [1.29, 1.82) is 5.26 Å². The third-order valence-electron chi connectivity index (χ3n) is 2.40. The van der Waals surface area contributed by atoms with Crippen LogP contribution < -0.4 is 5.32 Å². The molecule has 1 saturated heterocycles. The van der Waals surface area contributed by atoms with E-state index in [1.165, 1.54) is 0 Å². The predicted octanol–water partition coefficient (Wildman–Crippen LogP) is 0.454. The number of nitriles is 1. The summed E-state index contributed by atoms with van der Waals surface area (Å²) in [7, 11) is 1.76. The van der Waals surface area contributed by atoms with E-state index in [-0.39, 0.29) is 5.91 Å². The average Bonchev–Trinajstić information content (AvgIpc) is 2.27. The fourth-order valence-electron chi connectivity index (χ4n) is 1.46. The molecular formula is C10H17N3OS. The molecule has 0 aromatic carbocycles. The SMILES string of the molecule is CN(CCC#N)C(=O)CC1CSCCN1. The maximum absolute atomic E-state index is 11.7. The van der Waals surface area contributed by atoms with Crippen LogP contribution in [-0.2, 0) is 4.79 Å². The lowest BCUT2D eigenvalue weighted by Crippen LogP contribution is -2.41. The third-order valence-corrected chi connectivity index (χ3v) is 3.54. The molecule has 0 spiro atoms. The van der Waals surface area contributed by atoms with Gasteiger partial charge in [0.2, 0.25) is 5.91 Å². The van der Waals surface area contributed by atoms with Gasteiger partial charge in [0, 0.05) is 44.1 Å². The second kappa shape index (κ2) is 6.70. The van der Waals surface area contributed by atoms with Crippen molar-refractivity contribution in [1.82, 2.24) is 10.2 Å². The minimum Gasteiger partial charge on any atom is -0.345 e. The molecule has 1 heterocycles. The molecule has 0 bridgehead atoms. The Bertz CT molecular complexity index is 246. The molecule has 5 heteroatoms. The number of thioether (sulfide) groups is 1. The van der Waals surface area contributed by atoms with Crippen molar-refractivity contribution in [3.8, 4) is 6.07 Å². The van der Waals surface area contributed by atoms with E-state index < -0.39 is 0 Å². The molecule has 1 fully saturated rings. The smallest absolute Gasteiger partial charge is 0.223 e. The fourth-order valence-corrected chi connectivity index (χ4v) is 2.41. The molecule has 1 atom stereocenters. The summed E-state index contributed by atoms with van der Waals surface area (Å²) in [5, 5.41) is 11.7. The summed E-state index contributed by atoms with van der Waals surface area (Å²) < 4.78 is 0. The van der Waals surface area contributed by atoms with Gasteiger partial charge in [0.15, 0.2) is 0 Å². The molecule has 84 valence electrons. The third kappa shape index (κ3) is 4.54. The second-order valence-corrected chi connectivity index (χ2v) is 4.80. The van der Waals surface area contributed by atoms with E-state index >= 15 is 0 Å².